The fourth-order valence-corrected chi connectivity index (χ4v) is 0.579. The summed E-state index contributed by atoms with van der Waals surface area (Å²) in [7, 11) is 0. The molecule has 0 unspecified atom stereocenters. The molecule has 0 saturated heterocycles. The molecule has 0 rings (SSSR count). The summed E-state index contributed by atoms with van der Waals surface area (Å²) in [5.74, 6) is 0. The molecule has 0 aromatic rings. The lowest BCUT2D eigenvalue weighted by Crippen LogP contribution is -1.66. The Morgan fingerprint density at radius 1 is 1.56 bits per heavy atom. The number of thiol groups is 1. The third-order valence-corrected chi connectivity index (χ3v) is 1.38. The summed E-state index contributed by atoms with van der Waals surface area (Å²) in [5, 5.41) is 0. The normalized spacial score (nSPS) is 13.7. The summed E-state index contributed by atoms with van der Waals surface area (Å²) in [6, 6.07) is 0. The summed E-state index contributed by atoms with van der Waals surface area (Å²) in [6.45, 7) is 7.56. The SMILES string of the molecule is C=C/C(C)=C\C(S)=C/C. The van der Waals surface area contributed by atoms with Gasteiger partial charge in [-0.3, -0.25) is 0 Å². The van der Waals surface area contributed by atoms with Crippen molar-refractivity contribution in [3.63, 3.8) is 0 Å². The van der Waals surface area contributed by atoms with Crippen LogP contribution in [0, 0.1) is 0 Å². The Bertz CT molecular complexity index is 152. The Hall–Kier alpha value is -0.430. The summed E-state index contributed by atoms with van der Waals surface area (Å²) >= 11 is 4.16. The van der Waals surface area contributed by atoms with Crippen molar-refractivity contribution in [2.24, 2.45) is 0 Å². The first-order valence-corrected chi connectivity index (χ1v) is 3.31. The van der Waals surface area contributed by atoms with Gasteiger partial charge in [0.15, 0.2) is 0 Å². The van der Waals surface area contributed by atoms with Crippen molar-refractivity contribution < 1.29 is 0 Å². The number of hydrogen-bond acceptors (Lipinski definition) is 1. The molecule has 0 bridgehead atoms. The average molecular weight is 140 g/mol. The van der Waals surface area contributed by atoms with Crippen molar-refractivity contribution >= 4 is 12.6 Å². The molecule has 0 heterocycles. The molecule has 0 radical (unpaired) electrons. The van der Waals surface area contributed by atoms with Gasteiger partial charge < -0.3 is 0 Å². The molecule has 0 nitrogen and oxygen atoms in total. The van der Waals surface area contributed by atoms with E-state index in [2.05, 4.69) is 19.2 Å². The van der Waals surface area contributed by atoms with Gasteiger partial charge in [-0.05, 0) is 24.8 Å². The predicted octanol–water partition coefficient (Wildman–Crippen LogP) is 2.95. The van der Waals surface area contributed by atoms with Crippen LogP contribution in [0.4, 0.5) is 0 Å². The molecule has 1 heteroatoms. The maximum absolute atomic E-state index is 4.16. The van der Waals surface area contributed by atoms with Crippen LogP contribution in [-0.2, 0) is 0 Å². The lowest BCUT2D eigenvalue weighted by molar-refractivity contribution is 1.52. The summed E-state index contributed by atoms with van der Waals surface area (Å²) in [6.07, 6.45) is 5.71. The minimum absolute atomic E-state index is 0.979. The van der Waals surface area contributed by atoms with Crippen LogP contribution in [0.3, 0.4) is 0 Å². The van der Waals surface area contributed by atoms with Crippen LogP contribution < -0.4 is 0 Å². The summed E-state index contributed by atoms with van der Waals surface area (Å²) in [5.41, 5.74) is 1.14. The number of hydrogen-bond donors (Lipinski definition) is 1. The maximum Gasteiger partial charge on any atom is -0.0000150 e. The van der Waals surface area contributed by atoms with Crippen molar-refractivity contribution in [1.29, 1.82) is 0 Å². The Labute approximate surface area is 62.4 Å². The van der Waals surface area contributed by atoms with Crippen molar-refractivity contribution in [2.75, 3.05) is 0 Å². The van der Waals surface area contributed by atoms with Gasteiger partial charge in [-0.1, -0.05) is 24.3 Å². The van der Waals surface area contributed by atoms with Gasteiger partial charge >= 0.3 is 0 Å². The minimum Gasteiger partial charge on any atom is -0.144 e. The second-order valence-corrected chi connectivity index (χ2v) is 2.32. The molecule has 0 aliphatic rings. The van der Waals surface area contributed by atoms with Gasteiger partial charge in [0.25, 0.3) is 0 Å². The molecule has 0 aliphatic carbocycles. The maximum atomic E-state index is 4.16. The molecule has 9 heavy (non-hydrogen) atoms. The van der Waals surface area contributed by atoms with Crippen LogP contribution in [0.15, 0.2) is 35.3 Å². The largest absolute Gasteiger partial charge is 0.144 e. The molecule has 0 N–H and O–H groups in total. The molecule has 0 aromatic carbocycles. The highest BCUT2D eigenvalue weighted by Gasteiger charge is 1.80. The highest BCUT2D eigenvalue weighted by atomic mass is 32.1. The standard InChI is InChI=1S/C8H12S/c1-4-7(3)6-8(9)5-2/h4-6,9H,1H2,2-3H3/b7-6-,8-5+. The average Bonchev–Trinajstić information content (AvgIpc) is 1.87. The zero-order valence-corrected chi connectivity index (χ0v) is 6.78. The van der Waals surface area contributed by atoms with E-state index >= 15 is 0 Å². The fraction of sp³-hybridized carbons (Fsp3) is 0.250. The molecule has 0 amide bonds. The topological polar surface area (TPSA) is 0 Å². The van der Waals surface area contributed by atoms with Crippen LogP contribution in [0.1, 0.15) is 13.8 Å². The van der Waals surface area contributed by atoms with E-state index in [0.717, 1.165) is 10.5 Å². The van der Waals surface area contributed by atoms with Gasteiger partial charge in [-0.15, -0.1) is 12.6 Å². The highest BCUT2D eigenvalue weighted by molar-refractivity contribution is 7.84. The van der Waals surface area contributed by atoms with Crippen LogP contribution in [0.2, 0.25) is 0 Å². The summed E-state index contributed by atoms with van der Waals surface area (Å²) in [4.78, 5) is 0.979. The Morgan fingerprint density at radius 2 is 2.11 bits per heavy atom. The van der Waals surface area contributed by atoms with Crippen molar-refractivity contribution in [3.05, 3.63) is 35.3 Å². The van der Waals surface area contributed by atoms with Crippen LogP contribution in [0.5, 0.6) is 0 Å². The number of allylic oxidation sites excluding steroid dienone is 4. The Kier molecular flexibility index (Phi) is 4.24. The van der Waals surface area contributed by atoms with E-state index < -0.39 is 0 Å². The quantitative estimate of drug-likeness (QED) is 0.442. The lowest BCUT2D eigenvalue weighted by Gasteiger charge is -1.89. The molecule has 0 aromatic heterocycles. The molecule has 0 atom stereocenters. The van der Waals surface area contributed by atoms with E-state index in [0.29, 0.717) is 0 Å². The minimum atomic E-state index is 0.979. The van der Waals surface area contributed by atoms with Crippen molar-refractivity contribution in [3.8, 4) is 0 Å². The molecule has 0 fully saturated rings. The zero-order valence-electron chi connectivity index (χ0n) is 5.89. The van der Waals surface area contributed by atoms with E-state index in [-0.39, 0.29) is 0 Å². The monoisotopic (exact) mass is 140 g/mol. The third kappa shape index (κ3) is 4.10. The highest BCUT2D eigenvalue weighted by Crippen LogP contribution is 2.05. The van der Waals surface area contributed by atoms with E-state index in [4.69, 9.17) is 0 Å². The van der Waals surface area contributed by atoms with Gasteiger partial charge in [0.05, 0.1) is 0 Å². The number of rotatable bonds is 2. The first kappa shape index (κ1) is 8.57. The molecule has 0 saturated carbocycles. The molecular formula is C8H12S. The van der Waals surface area contributed by atoms with Crippen molar-refractivity contribution in [2.45, 2.75) is 13.8 Å². The molecule has 50 valence electrons. The van der Waals surface area contributed by atoms with Crippen LogP contribution in [-0.4, -0.2) is 0 Å². The van der Waals surface area contributed by atoms with Gasteiger partial charge in [0.1, 0.15) is 0 Å². The van der Waals surface area contributed by atoms with Crippen molar-refractivity contribution in [1.82, 2.24) is 0 Å². The fourth-order valence-electron chi connectivity index (χ4n) is 0.376. The van der Waals surface area contributed by atoms with E-state index in [9.17, 15) is 0 Å². The molecule has 0 aliphatic heterocycles. The second-order valence-electron chi connectivity index (χ2n) is 1.81. The first-order valence-electron chi connectivity index (χ1n) is 2.86. The molecule has 0 spiro atoms. The van der Waals surface area contributed by atoms with Gasteiger partial charge in [-0.2, -0.15) is 0 Å². The smallest absolute Gasteiger partial charge is 0.0000150 e. The van der Waals surface area contributed by atoms with E-state index in [1.54, 1.807) is 6.08 Å². The third-order valence-electron chi connectivity index (χ3n) is 0.993. The molecular weight excluding hydrogens is 128 g/mol. The zero-order chi connectivity index (χ0) is 7.28. The Morgan fingerprint density at radius 3 is 2.44 bits per heavy atom. The van der Waals surface area contributed by atoms with E-state index in [1.165, 1.54) is 0 Å². The predicted molar refractivity (Wildman–Crippen MR) is 46.7 cm³/mol. The Balaban J connectivity index is 4.11. The van der Waals surface area contributed by atoms with Gasteiger partial charge in [0, 0.05) is 0 Å². The lowest BCUT2D eigenvalue weighted by atomic mass is 10.3. The van der Waals surface area contributed by atoms with Crippen LogP contribution in [0.25, 0.3) is 0 Å². The first-order chi connectivity index (χ1) is 4.20. The van der Waals surface area contributed by atoms with Gasteiger partial charge in [-0.25, -0.2) is 0 Å². The van der Waals surface area contributed by atoms with Crippen LogP contribution >= 0.6 is 12.6 Å². The summed E-state index contributed by atoms with van der Waals surface area (Å²) < 4.78 is 0. The second kappa shape index (κ2) is 4.45. The van der Waals surface area contributed by atoms with Gasteiger partial charge in [0.2, 0.25) is 0 Å². The van der Waals surface area contributed by atoms with E-state index in [1.807, 2.05) is 26.0 Å².